The van der Waals surface area contributed by atoms with E-state index in [1.807, 2.05) is 31.2 Å². The Labute approximate surface area is 186 Å². The van der Waals surface area contributed by atoms with Gasteiger partial charge in [-0.05, 0) is 35.7 Å². The zero-order valence-corrected chi connectivity index (χ0v) is 19.6. The number of methoxy groups -OCH3 is 1. The maximum absolute atomic E-state index is 11.7. The predicted octanol–water partition coefficient (Wildman–Crippen LogP) is 5.06. The molecule has 1 heterocycles. The molecule has 0 saturated heterocycles. The second-order valence-corrected chi connectivity index (χ2v) is 9.52. The summed E-state index contributed by atoms with van der Waals surface area (Å²) in [7, 11) is -0.0332. The zero-order valence-electron chi connectivity index (χ0n) is 14.3. The maximum Gasteiger partial charge on any atom is 0.298 e. The van der Waals surface area contributed by atoms with E-state index in [4.69, 9.17) is 17.0 Å². The van der Waals surface area contributed by atoms with E-state index in [0.29, 0.717) is 9.39 Å². The van der Waals surface area contributed by atoms with Crippen LogP contribution >= 0.6 is 32.9 Å². The summed E-state index contributed by atoms with van der Waals surface area (Å²) < 4.78 is 38.6. The van der Waals surface area contributed by atoms with Gasteiger partial charge in [0.2, 0.25) is 0 Å². The summed E-state index contributed by atoms with van der Waals surface area (Å²) in [5.41, 5.74) is 3.59. The van der Waals surface area contributed by atoms with Crippen LogP contribution in [0, 0.1) is 10.7 Å². The maximum atomic E-state index is 11.7. The van der Waals surface area contributed by atoms with Crippen molar-refractivity contribution in [3.05, 3.63) is 51.9 Å². The molecule has 3 rings (SSSR count). The molecule has 0 aliphatic heterocycles. The molecule has 4 nitrogen and oxygen atoms in total. The number of hydrogen-bond acceptors (Lipinski definition) is 6. The van der Waals surface area contributed by atoms with E-state index in [9.17, 15) is 13.0 Å². The molecule has 0 spiro atoms. The molecule has 0 atom stereocenters. The third-order valence-corrected chi connectivity index (χ3v) is 7.68. The summed E-state index contributed by atoms with van der Waals surface area (Å²) in [5, 5.41) is 0. The van der Waals surface area contributed by atoms with E-state index < -0.39 is 10.1 Å². The minimum atomic E-state index is -4.41. The Morgan fingerprint density at radius 2 is 1.81 bits per heavy atom. The quantitative estimate of drug-likeness (QED) is 0.270. The fraction of sp³-hybridized carbons (Fsp3) is 0.118. The largest absolute Gasteiger partial charge is 0.495 e. The van der Waals surface area contributed by atoms with Crippen molar-refractivity contribution in [2.45, 2.75) is 11.8 Å². The van der Waals surface area contributed by atoms with Crippen LogP contribution in [-0.4, -0.2) is 49.6 Å². The molecular weight excluding hydrogens is 419 g/mol. The van der Waals surface area contributed by atoms with Crippen molar-refractivity contribution in [2.75, 3.05) is 7.11 Å². The van der Waals surface area contributed by atoms with Gasteiger partial charge in [0.05, 0.1) is 12.0 Å². The van der Waals surface area contributed by atoms with Gasteiger partial charge in [-0.15, -0.1) is 0 Å². The van der Waals surface area contributed by atoms with Crippen LogP contribution in [0.3, 0.4) is 0 Å². The molecule has 0 aliphatic carbocycles. The van der Waals surface area contributed by atoms with Crippen LogP contribution in [0.5, 0.6) is 5.75 Å². The van der Waals surface area contributed by atoms with Gasteiger partial charge in [0.1, 0.15) is 14.5 Å². The average Bonchev–Trinajstić information content (AvgIpc) is 2.95. The summed E-state index contributed by atoms with van der Waals surface area (Å²) >= 11 is 5.48. The molecule has 3 aromatic rings. The summed E-state index contributed by atoms with van der Waals surface area (Å²) in [6.45, 7) is 2.02. The van der Waals surface area contributed by atoms with E-state index >= 15 is 0 Å². The fourth-order valence-corrected chi connectivity index (χ4v) is 6.21. The van der Waals surface area contributed by atoms with Gasteiger partial charge in [0.25, 0.3) is 10.1 Å². The van der Waals surface area contributed by atoms with Gasteiger partial charge in [0, 0.05) is 35.1 Å². The van der Waals surface area contributed by atoms with Crippen LogP contribution in [-0.2, 0) is 10.1 Å². The van der Waals surface area contributed by atoms with Crippen LogP contribution in [0.1, 0.15) is 5.56 Å². The van der Waals surface area contributed by atoms with Crippen LogP contribution < -0.4 is 4.74 Å². The second-order valence-electron chi connectivity index (χ2n) is 5.31. The summed E-state index contributed by atoms with van der Waals surface area (Å²) in [6.07, 6.45) is 0. The molecule has 1 aromatic heterocycles. The van der Waals surface area contributed by atoms with Gasteiger partial charge >= 0.3 is 0 Å². The Hall–Kier alpha value is -0.580. The number of hydrogen-bond donors (Lipinski definition) is 1. The monoisotopic (exact) mass is 433 g/mol. The van der Waals surface area contributed by atoms with Crippen molar-refractivity contribution in [2.24, 2.45) is 0 Å². The van der Waals surface area contributed by atoms with Crippen molar-refractivity contribution in [1.29, 1.82) is 0 Å². The van der Waals surface area contributed by atoms with E-state index in [1.165, 1.54) is 29.6 Å². The summed E-state index contributed by atoms with van der Waals surface area (Å²) in [4.78, 5) is 0.716. The fourth-order valence-electron chi connectivity index (χ4n) is 2.55. The van der Waals surface area contributed by atoms with Crippen LogP contribution in [0.25, 0.3) is 21.6 Å². The third kappa shape index (κ3) is 4.28. The number of benzene rings is 2. The molecule has 0 aliphatic rings. The molecule has 9 heteroatoms. The van der Waals surface area contributed by atoms with E-state index in [0.717, 1.165) is 21.6 Å². The van der Waals surface area contributed by atoms with E-state index in [2.05, 4.69) is 0 Å². The predicted molar refractivity (Wildman–Crippen MR) is 111 cm³/mol. The standard InChI is InChI=1S/C17H14O4S4.Na/c1-10-5-3-4-6-12(10)16-15(17(22)24-23-16)11-7-8-13(21-2)14(9-11)25(18,19)20;/h3-9H,1-2H3,(H,18,19,20);. The van der Waals surface area contributed by atoms with Gasteiger partial charge in [-0.3, -0.25) is 4.55 Å². The van der Waals surface area contributed by atoms with Gasteiger partial charge < -0.3 is 4.74 Å². The van der Waals surface area contributed by atoms with Gasteiger partial charge in [-0.1, -0.05) is 63.2 Å². The SMILES string of the molecule is COc1ccc(-c2c(-c3ccccc3C)ssc2=S)cc1S(=O)(=O)O.[Na]. The second kappa shape index (κ2) is 8.62. The minimum absolute atomic E-state index is 0. The first-order valence-corrected chi connectivity index (χ1v) is 11.2. The molecule has 0 amide bonds. The first kappa shape index (κ1) is 21.7. The van der Waals surface area contributed by atoms with Gasteiger partial charge in [-0.25, -0.2) is 0 Å². The number of aryl methyl sites for hydroxylation is 1. The van der Waals surface area contributed by atoms with Crippen molar-refractivity contribution in [1.82, 2.24) is 0 Å². The Morgan fingerprint density at radius 1 is 1.12 bits per heavy atom. The summed E-state index contributed by atoms with van der Waals surface area (Å²) in [5.74, 6) is 0.0912. The molecule has 0 unspecified atom stereocenters. The van der Waals surface area contributed by atoms with Crippen LogP contribution in [0.4, 0.5) is 0 Å². The van der Waals surface area contributed by atoms with E-state index in [1.54, 1.807) is 16.4 Å². The molecule has 0 fully saturated rings. The van der Waals surface area contributed by atoms with Crippen molar-refractivity contribution >= 4 is 72.6 Å². The van der Waals surface area contributed by atoms with Gasteiger partial charge in [-0.2, -0.15) is 8.42 Å². The van der Waals surface area contributed by atoms with Crippen molar-refractivity contribution < 1.29 is 17.7 Å². The molecule has 131 valence electrons. The minimum Gasteiger partial charge on any atom is -0.495 e. The molecule has 1 radical (unpaired) electrons. The van der Waals surface area contributed by atoms with E-state index in [-0.39, 0.29) is 40.2 Å². The normalized spacial score (nSPS) is 11.0. The Balaban J connectivity index is 0.00000243. The van der Waals surface area contributed by atoms with Crippen LogP contribution in [0.15, 0.2) is 47.4 Å². The topological polar surface area (TPSA) is 63.6 Å². The molecule has 2 aromatic carbocycles. The Morgan fingerprint density at radius 3 is 2.42 bits per heavy atom. The van der Waals surface area contributed by atoms with Crippen molar-refractivity contribution in [3.8, 4) is 27.3 Å². The average molecular weight is 434 g/mol. The molecule has 0 saturated carbocycles. The number of ether oxygens (including phenoxy) is 1. The molecule has 26 heavy (non-hydrogen) atoms. The number of rotatable bonds is 4. The first-order chi connectivity index (χ1) is 11.8. The third-order valence-electron chi connectivity index (χ3n) is 3.75. The zero-order chi connectivity index (χ0) is 18.2. The van der Waals surface area contributed by atoms with Crippen molar-refractivity contribution in [3.63, 3.8) is 0 Å². The molecule has 1 N–H and O–H groups in total. The van der Waals surface area contributed by atoms with Gasteiger partial charge in [0.15, 0.2) is 0 Å². The van der Waals surface area contributed by atoms with Crippen LogP contribution in [0.2, 0.25) is 0 Å². The Kier molecular flexibility index (Phi) is 7.20. The molecule has 0 bridgehead atoms. The Bertz CT molecular complexity index is 1100. The molecular formula is C17H14NaO4S4. The first-order valence-electron chi connectivity index (χ1n) is 7.18. The summed E-state index contributed by atoms with van der Waals surface area (Å²) in [6, 6.07) is 12.6. The smallest absolute Gasteiger partial charge is 0.298 e.